The number of pyridine rings is 1. The Balaban J connectivity index is 1.33. The Bertz CT molecular complexity index is 995. The molecule has 1 heterocycles. The molecule has 0 saturated heterocycles. The van der Waals surface area contributed by atoms with Gasteiger partial charge in [0.2, 0.25) is 0 Å². The van der Waals surface area contributed by atoms with Gasteiger partial charge in [-0.3, -0.25) is 9.78 Å². The van der Waals surface area contributed by atoms with Crippen LogP contribution in [0.2, 0.25) is 0 Å². The molecule has 1 aromatic rings. The molecule has 0 bridgehead atoms. The van der Waals surface area contributed by atoms with Crippen molar-refractivity contribution in [3.8, 4) is 0 Å². The number of allylic oxidation sites excluding steroid dienone is 3. The van der Waals surface area contributed by atoms with E-state index in [1.807, 2.05) is 18.0 Å². The molecule has 3 saturated carbocycles. The lowest BCUT2D eigenvalue weighted by Gasteiger charge is -2.57. The van der Waals surface area contributed by atoms with Gasteiger partial charge in [-0.2, -0.15) is 0 Å². The van der Waals surface area contributed by atoms with E-state index in [9.17, 15) is 4.79 Å². The standard InChI is InChI=1S/C31H43NO2/c1-20(6-7-23-14-17-32-19-21(23)2)27-10-11-28-26-9-8-24-18-25(34-22(3)33)12-15-30(24,4)29(26)13-16-31(27,28)5/h6-7,9,14,17,19-20,24-25,27-29H,8,10-13,15-16,18H2,1-5H3/b7-6+/t20-,24+,25+,27-,28+,29+,30+,31-/m1/s1. The van der Waals surface area contributed by atoms with Gasteiger partial charge >= 0.3 is 5.97 Å². The number of esters is 1. The number of hydrogen-bond acceptors (Lipinski definition) is 3. The minimum atomic E-state index is -0.117. The van der Waals surface area contributed by atoms with Crippen molar-refractivity contribution < 1.29 is 9.53 Å². The Labute approximate surface area is 206 Å². The van der Waals surface area contributed by atoms with Crippen LogP contribution in [0.1, 0.15) is 90.2 Å². The van der Waals surface area contributed by atoms with E-state index in [-0.39, 0.29) is 12.1 Å². The fourth-order valence-electron chi connectivity index (χ4n) is 8.78. The zero-order chi connectivity index (χ0) is 24.1. The third-order valence-electron chi connectivity index (χ3n) is 10.7. The number of carbonyl (C=O) groups excluding carboxylic acids is 1. The van der Waals surface area contributed by atoms with Crippen LogP contribution in [-0.4, -0.2) is 17.1 Å². The molecule has 0 amide bonds. The Morgan fingerprint density at radius 2 is 1.91 bits per heavy atom. The van der Waals surface area contributed by atoms with Crippen LogP contribution in [0.15, 0.2) is 36.2 Å². The zero-order valence-electron chi connectivity index (χ0n) is 21.8. The van der Waals surface area contributed by atoms with Gasteiger partial charge in [-0.05, 0) is 116 Å². The van der Waals surface area contributed by atoms with Gasteiger partial charge in [-0.1, -0.05) is 44.6 Å². The third-order valence-corrected chi connectivity index (χ3v) is 10.7. The van der Waals surface area contributed by atoms with Gasteiger partial charge in [-0.25, -0.2) is 0 Å². The first-order valence-corrected chi connectivity index (χ1v) is 13.7. The maximum atomic E-state index is 11.5. The molecule has 0 aromatic carbocycles. The minimum Gasteiger partial charge on any atom is -0.463 e. The second kappa shape index (κ2) is 8.95. The molecule has 0 N–H and O–H groups in total. The topological polar surface area (TPSA) is 39.2 Å². The Morgan fingerprint density at radius 1 is 1.15 bits per heavy atom. The van der Waals surface area contributed by atoms with Crippen LogP contribution in [0.25, 0.3) is 6.08 Å². The van der Waals surface area contributed by atoms with E-state index in [2.05, 4.69) is 57.0 Å². The maximum absolute atomic E-state index is 11.5. The molecule has 0 spiro atoms. The average molecular weight is 462 g/mol. The number of fused-ring (bicyclic) bond motifs is 5. The van der Waals surface area contributed by atoms with Crippen molar-refractivity contribution >= 4 is 12.0 Å². The predicted octanol–water partition coefficient (Wildman–Crippen LogP) is 7.55. The highest BCUT2D eigenvalue weighted by molar-refractivity contribution is 5.66. The van der Waals surface area contributed by atoms with Crippen LogP contribution in [0.3, 0.4) is 0 Å². The fraction of sp³-hybridized carbons (Fsp3) is 0.677. The van der Waals surface area contributed by atoms with Crippen LogP contribution in [0, 0.1) is 47.3 Å². The van der Waals surface area contributed by atoms with Crippen molar-refractivity contribution in [2.75, 3.05) is 0 Å². The van der Waals surface area contributed by atoms with E-state index in [4.69, 9.17) is 4.74 Å². The van der Waals surface area contributed by atoms with E-state index in [0.29, 0.717) is 22.7 Å². The average Bonchev–Trinajstić information content (AvgIpc) is 3.15. The first-order chi connectivity index (χ1) is 16.2. The molecule has 34 heavy (non-hydrogen) atoms. The van der Waals surface area contributed by atoms with E-state index < -0.39 is 0 Å². The fourth-order valence-corrected chi connectivity index (χ4v) is 8.78. The van der Waals surface area contributed by atoms with Crippen LogP contribution in [0.5, 0.6) is 0 Å². The van der Waals surface area contributed by atoms with Crippen LogP contribution >= 0.6 is 0 Å². The molecule has 5 rings (SSSR count). The smallest absolute Gasteiger partial charge is 0.302 e. The zero-order valence-corrected chi connectivity index (χ0v) is 21.8. The van der Waals surface area contributed by atoms with Crippen LogP contribution in [-0.2, 0) is 9.53 Å². The van der Waals surface area contributed by atoms with Crippen molar-refractivity contribution in [3.63, 3.8) is 0 Å². The van der Waals surface area contributed by atoms with Gasteiger partial charge in [0.05, 0.1) is 0 Å². The summed E-state index contributed by atoms with van der Waals surface area (Å²) in [6, 6.07) is 2.13. The Morgan fingerprint density at radius 3 is 2.68 bits per heavy atom. The first-order valence-electron chi connectivity index (χ1n) is 13.7. The lowest BCUT2D eigenvalue weighted by atomic mass is 9.47. The molecule has 8 atom stereocenters. The number of rotatable bonds is 4. The van der Waals surface area contributed by atoms with Gasteiger partial charge in [-0.15, -0.1) is 0 Å². The highest BCUT2D eigenvalue weighted by atomic mass is 16.5. The molecule has 0 unspecified atom stereocenters. The molecule has 0 radical (unpaired) electrons. The van der Waals surface area contributed by atoms with Gasteiger partial charge in [0.25, 0.3) is 0 Å². The largest absolute Gasteiger partial charge is 0.463 e. The first kappa shape index (κ1) is 23.8. The SMILES string of the molecule is CC(=O)O[C@H]1CC[C@@]2(C)[C@@H](CC=C3[C@@H]2CC[C@]2(C)[C@@H]([C@H](C)/C=C/c4ccncc4C)CC[C@@H]32)C1. The highest BCUT2D eigenvalue weighted by Crippen LogP contribution is 2.66. The number of ether oxygens (including phenoxy) is 1. The molecule has 3 nitrogen and oxygen atoms in total. The predicted molar refractivity (Wildman–Crippen MR) is 138 cm³/mol. The number of hydrogen-bond donors (Lipinski definition) is 0. The van der Waals surface area contributed by atoms with Crippen molar-refractivity contribution in [1.82, 2.24) is 4.98 Å². The van der Waals surface area contributed by atoms with Crippen LogP contribution < -0.4 is 0 Å². The van der Waals surface area contributed by atoms with E-state index in [1.165, 1.54) is 49.7 Å². The van der Waals surface area contributed by atoms with Gasteiger partial charge < -0.3 is 4.74 Å². The molecule has 3 heteroatoms. The third kappa shape index (κ3) is 3.97. The maximum Gasteiger partial charge on any atom is 0.302 e. The summed E-state index contributed by atoms with van der Waals surface area (Å²) in [5.41, 5.74) is 5.15. The van der Waals surface area contributed by atoms with E-state index in [0.717, 1.165) is 30.6 Å². The summed E-state index contributed by atoms with van der Waals surface area (Å²) in [6.45, 7) is 11.3. The van der Waals surface area contributed by atoms with Crippen molar-refractivity contribution in [2.24, 2.45) is 40.4 Å². The van der Waals surface area contributed by atoms with Crippen molar-refractivity contribution in [3.05, 3.63) is 47.3 Å². The summed E-state index contributed by atoms with van der Waals surface area (Å²) in [7, 11) is 0. The number of aromatic nitrogens is 1. The highest BCUT2D eigenvalue weighted by Gasteiger charge is 2.58. The molecule has 1 aromatic heterocycles. The summed E-state index contributed by atoms with van der Waals surface area (Å²) in [5.74, 6) is 3.36. The van der Waals surface area contributed by atoms with Crippen LogP contribution in [0.4, 0.5) is 0 Å². The van der Waals surface area contributed by atoms with Crippen molar-refractivity contribution in [1.29, 1.82) is 0 Å². The molecular weight excluding hydrogens is 418 g/mol. The van der Waals surface area contributed by atoms with E-state index in [1.54, 1.807) is 6.92 Å². The lowest BCUT2D eigenvalue weighted by molar-refractivity contribution is -0.152. The Kier molecular flexibility index (Phi) is 6.27. The normalized spacial score (nSPS) is 40.1. The number of aryl methyl sites for hydroxylation is 1. The van der Waals surface area contributed by atoms with E-state index >= 15 is 0 Å². The number of carbonyl (C=O) groups is 1. The summed E-state index contributed by atoms with van der Waals surface area (Å²) in [4.78, 5) is 15.8. The minimum absolute atomic E-state index is 0.117. The lowest BCUT2D eigenvalue weighted by Crippen LogP contribution is -2.50. The second-order valence-corrected chi connectivity index (χ2v) is 12.4. The summed E-state index contributed by atoms with van der Waals surface area (Å²) in [6.07, 6.45) is 21.3. The summed E-state index contributed by atoms with van der Waals surface area (Å²) in [5, 5.41) is 0. The van der Waals surface area contributed by atoms with Gasteiger partial charge in [0.15, 0.2) is 0 Å². The molecular formula is C31H43NO2. The summed E-state index contributed by atoms with van der Waals surface area (Å²) >= 11 is 0. The molecule has 3 fully saturated rings. The molecule has 4 aliphatic carbocycles. The van der Waals surface area contributed by atoms with Gasteiger partial charge in [0, 0.05) is 19.3 Å². The summed E-state index contributed by atoms with van der Waals surface area (Å²) < 4.78 is 5.64. The molecule has 184 valence electrons. The quantitative estimate of drug-likeness (QED) is 0.343. The van der Waals surface area contributed by atoms with Gasteiger partial charge in [0.1, 0.15) is 6.10 Å². The molecule has 0 aliphatic heterocycles. The molecule has 4 aliphatic rings. The second-order valence-electron chi connectivity index (χ2n) is 12.4. The Hall–Kier alpha value is -1.90. The number of nitrogens with zero attached hydrogens (tertiary/aromatic N) is 1. The van der Waals surface area contributed by atoms with Crippen molar-refractivity contribution in [2.45, 2.75) is 92.1 Å². The monoisotopic (exact) mass is 461 g/mol.